The lowest BCUT2D eigenvalue weighted by Gasteiger charge is -2.13. The van der Waals surface area contributed by atoms with Crippen molar-refractivity contribution in [2.75, 3.05) is 5.32 Å². The molecule has 1 N–H and O–H groups in total. The first-order valence-electron chi connectivity index (χ1n) is 7.69. The largest absolute Gasteiger partial charge is 0.448 e. The molecule has 26 heavy (non-hydrogen) atoms. The van der Waals surface area contributed by atoms with E-state index in [1.165, 1.54) is 18.3 Å². The number of fused-ring (bicyclic) bond motifs is 1. The van der Waals surface area contributed by atoms with E-state index in [2.05, 4.69) is 5.32 Å². The van der Waals surface area contributed by atoms with Crippen LogP contribution >= 0.6 is 22.9 Å². The van der Waals surface area contributed by atoms with Gasteiger partial charge in [0.05, 0.1) is 16.3 Å². The minimum Gasteiger partial charge on any atom is -0.448 e. The van der Waals surface area contributed by atoms with Crippen LogP contribution in [0.4, 0.5) is 5.69 Å². The van der Waals surface area contributed by atoms with Gasteiger partial charge >= 0.3 is 5.97 Å². The van der Waals surface area contributed by atoms with Crippen LogP contribution in [0.3, 0.4) is 0 Å². The van der Waals surface area contributed by atoms with E-state index in [9.17, 15) is 9.59 Å². The number of thiophene rings is 1. The number of hydrogen-bond donors (Lipinski definition) is 1. The Labute approximate surface area is 158 Å². The summed E-state index contributed by atoms with van der Waals surface area (Å²) in [6.45, 7) is 1.46. The van der Waals surface area contributed by atoms with Gasteiger partial charge in [-0.2, -0.15) is 5.26 Å². The molecule has 130 valence electrons. The molecule has 0 aliphatic carbocycles. The molecule has 0 aliphatic heterocycles. The number of halogens is 1. The minimum atomic E-state index is -1.05. The van der Waals surface area contributed by atoms with Gasteiger partial charge in [0, 0.05) is 10.1 Å². The summed E-state index contributed by atoms with van der Waals surface area (Å²) >= 11 is 7.47. The number of nitrogens with one attached hydrogen (secondary N) is 1. The zero-order chi connectivity index (χ0) is 18.7. The summed E-state index contributed by atoms with van der Waals surface area (Å²) in [5.41, 5.74) is 0.690. The van der Waals surface area contributed by atoms with E-state index < -0.39 is 18.0 Å². The normalized spacial score (nSPS) is 11.6. The van der Waals surface area contributed by atoms with Gasteiger partial charge in [0.15, 0.2) is 6.10 Å². The van der Waals surface area contributed by atoms with Crippen molar-refractivity contribution in [1.29, 1.82) is 5.26 Å². The van der Waals surface area contributed by atoms with Gasteiger partial charge in [-0.1, -0.05) is 41.9 Å². The molecule has 1 heterocycles. The second-order valence-electron chi connectivity index (χ2n) is 5.44. The molecule has 3 aromatic rings. The van der Waals surface area contributed by atoms with E-state index in [0.29, 0.717) is 16.3 Å². The van der Waals surface area contributed by atoms with Gasteiger partial charge in [0.2, 0.25) is 0 Å². The first-order valence-corrected chi connectivity index (χ1v) is 8.88. The highest BCUT2D eigenvalue weighted by molar-refractivity contribution is 7.21. The highest BCUT2D eigenvalue weighted by Crippen LogP contribution is 2.35. The molecule has 0 radical (unpaired) electrons. The monoisotopic (exact) mass is 384 g/mol. The van der Waals surface area contributed by atoms with Crippen molar-refractivity contribution in [3.05, 3.63) is 64.0 Å². The zero-order valence-electron chi connectivity index (χ0n) is 13.7. The van der Waals surface area contributed by atoms with Gasteiger partial charge in [-0.15, -0.1) is 11.3 Å². The third-order valence-electron chi connectivity index (χ3n) is 3.68. The van der Waals surface area contributed by atoms with Crippen molar-refractivity contribution >= 4 is 50.6 Å². The van der Waals surface area contributed by atoms with Crippen LogP contribution in [0.2, 0.25) is 5.02 Å². The number of nitriles is 1. The fourth-order valence-corrected chi connectivity index (χ4v) is 3.73. The number of benzene rings is 2. The molecule has 0 spiro atoms. The van der Waals surface area contributed by atoms with Crippen molar-refractivity contribution in [3.63, 3.8) is 0 Å². The Hall–Kier alpha value is -2.88. The second-order valence-corrected chi connectivity index (χ2v) is 6.87. The summed E-state index contributed by atoms with van der Waals surface area (Å²) in [4.78, 5) is 24.9. The van der Waals surface area contributed by atoms with E-state index >= 15 is 0 Å². The third kappa shape index (κ3) is 3.54. The fourth-order valence-electron chi connectivity index (χ4n) is 2.34. The predicted molar refractivity (Wildman–Crippen MR) is 101 cm³/mol. The Kier molecular flexibility index (Phi) is 5.21. The molecule has 7 heteroatoms. The molecule has 0 saturated carbocycles. The number of esters is 1. The molecular formula is C19H13ClN2O3S. The number of rotatable bonds is 4. The Balaban J connectivity index is 1.73. The Morgan fingerprint density at radius 3 is 2.62 bits per heavy atom. The highest BCUT2D eigenvalue weighted by Gasteiger charge is 2.24. The molecule has 0 bridgehead atoms. The molecule has 0 unspecified atom stereocenters. The summed E-state index contributed by atoms with van der Waals surface area (Å²) < 4.78 is 6.11. The van der Waals surface area contributed by atoms with Gasteiger partial charge in [-0.05, 0) is 25.1 Å². The number of ether oxygens (including phenoxy) is 1. The van der Waals surface area contributed by atoms with Crippen LogP contribution in [0.5, 0.6) is 0 Å². The topological polar surface area (TPSA) is 79.2 Å². The van der Waals surface area contributed by atoms with Crippen molar-refractivity contribution in [3.8, 4) is 6.07 Å². The quantitative estimate of drug-likeness (QED) is 0.666. The Bertz CT molecular complexity index is 1040. The number of hydrogen-bond acceptors (Lipinski definition) is 5. The number of anilines is 1. The molecule has 1 amide bonds. The van der Waals surface area contributed by atoms with E-state index in [4.69, 9.17) is 21.6 Å². The summed E-state index contributed by atoms with van der Waals surface area (Å²) in [6.07, 6.45) is -1.05. The first kappa shape index (κ1) is 17.9. The number of carbonyl (C=O) groups is 2. The maximum atomic E-state index is 12.4. The lowest BCUT2D eigenvalue weighted by molar-refractivity contribution is -0.123. The molecule has 0 aliphatic rings. The Morgan fingerprint density at radius 1 is 1.19 bits per heavy atom. The number of carbonyl (C=O) groups excluding carboxylic acids is 2. The van der Waals surface area contributed by atoms with Crippen LogP contribution in [0.25, 0.3) is 10.1 Å². The zero-order valence-corrected chi connectivity index (χ0v) is 15.2. The molecule has 0 saturated heterocycles. The van der Waals surface area contributed by atoms with Crippen LogP contribution in [0, 0.1) is 11.3 Å². The van der Waals surface area contributed by atoms with E-state index in [1.807, 2.05) is 30.3 Å². The molecule has 5 nitrogen and oxygen atoms in total. The van der Waals surface area contributed by atoms with Gasteiger partial charge in [-0.3, -0.25) is 4.79 Å². The number of para-hydroxylation sites is 1. The summed E-state index contributed by atoms with van der Waals surface area (Å²) in [5.74, 6) is -1.19. The van der Waals surface area contributed by atoms with Crippen molar-refractivity contribution in [1.82, 2.24) is 0 Å². The van der Waals surface area contributed by atoms with Crippen LogP contribution < -0.4 is 5.32 Å². The van der Waals surface area contributed by atoms with Crippen LogP contribution in [0.15, 0.2) is 48.5 Å². The lowest BCUT2D eigenvalue weighted by atomic mass is 10.2. The second kappa shape index (κ2) is 7.56. The molecule has 2 aromatic carbocycles. The molecule has 1 atom stereocenters. The smallest absolute Gasteiger partial charge is 0.350 e. The SMILES string of the molecule is C[C@H](OC(=O)c1sc2ccccc2c1Cl)C(=O)Nc1ccccc1C#N. The molecular weight excluding hydrogens is 372 g/mol. The maximum absolute atomic E-state index is 12.4. The number of amides is 1. The standard InChI is InChI=1S/C19H13ClN2O3S/c1-11(18(23)22-14-8-4-2-6-12(14)10-21)25-19(24)17-16(20)13-7-3-5-9-15(13)26-17/h2-9,11H,1H3,(H,22,23)/t11-/m0/s1. The van der Waals surface area contributed by atoms with Crippen molar-refractivity contribution in [2.45, 2.75) is 13.0 Å². The summed E-state index contributed by atoms with van der Waals surface area (Å²) in [7, 11) is 0. The highest BCUT2D eigenvalue weighted by atomic mass is 35.5. The molecule has 0 fully saturated rings. The van der Waals surface area contributed by atoms with Gasteiger partial charge in [-0.25, -0.2) is 4.79 Å². The maximum Gasteiger partial charge on any atom is 0.350 e. The van der Waals surface area contributed by atoms with Gasteiger partial charge in [0.1, 0.15) is 10.9 Å². The van der Waals surface area contributed by atoms with Crippen molar-refractivity contribution < 1.29 is 14.3 Å². The fraction of sp³-hybridized carbons (Fsp3) is 0.105. The van der Waals surface area contributed by atoms with Crippen LogP contribution in [0.1, 0.15) is 22.2 Å². The average molecular weight is 385 g/mol. The van der Waals surface area contributed by atoms with Crippen LogP contribution in [-0.4, -0.2) is 18.0 Å². The minimum absolute atomic E-state index is 0.255. The Morgan fingerprint density at radius 2 is 1.88 bits per heavy atom. The lowest BCUT2D eigenvalue weighted by Crippen LogP contribution is -2.30. The van der Waals surface area contributed by atoms with Gasteiger partial charge in [0.25, 0.3) is 5.91 Å². The summed E-state index contributed by atoms with van der Waals surface area (Å²) in [5, 5.41) is 12.7. The molecule has 1 aromatic heterocycles. The van der Waals surface area contributed by atoms with Crippen LogP contribution in [-0.2, 0) is 9.53 Å². The van der Waals surface area contributed by atoms with E-state index in [0.717, 1.165) is 10.1 Å². The number of nitrogens with zero attached hydrogens (tertiary/aromatic N) is 1. The first-order chi connectivity index (χ1) is 12.5. The van der Waals surface area contributed by atoms with Gasteiger partial charge < -0.3 is 10.1 Å². The molecule has 3 rings (SSSR count). The predicted octanol–water partition coefficient (Wildman–Crippen LogP) is 4.61. The van der Waals surface area contributed by atoms with Crippen molar-refractivity contribution in [2.24, 2.45) is 0 Å². The average Bonchev–Trinajstić information content (AvgIpc) is 2.99. The summed E-state index contributed by atoms with van der Waals surface area (Å²) in [6, 6.07) is 15.9. The van der Waals surface area contributed by atoms with E-state index in [-0.39, 0.29) is 4.88 Å². The third-order valence-corrected chi connectivity index (χ3v) is 5.33. The van der Waals surface area contributed by atoms with E-state index in [1.54, 1.807) is 24.3 Å².